The summed E-state index contributed by atoms with van der Waals surface area (Å²) in [6, 6.07) is 10.0. The number of ether oxygens (including phenoxy) is 1. The molecule has 0 aliphatic rings. The lowest BCUT2D eigenvalue weighted by molar-refractivity contribution is -0.141. The van der Waals surface area contributed by atoms with Crippen molar-refractivity contribution in [3.8, 4) is 0 Å². The Morgan fingerprint density at radius 3 is 2.00 bits per heavy atom. The number of amides is 5. The van der Waals surface area contributed by atoms with E-state index in [1.165, 1.54) is 12.5 Å². The zero-order chi connectivity index (χ0) is 44.6. The number of aliphatic hydroxyl groups is 2. The zero-order valence-electron chi connectivity index (χ0n) is 36.4. The van der Waals surface area contributed by atoms with Crippen molar-refractivity contribution in [3.63, 3.8) is 0 Å². The first-order valence-electron chi connectivity index (χ1n) is 20.7. The van der Waals surface area contributed by atoms with Gasteiger partial charge in [0, 0.05) is 30.9 Å². The molecule has 5 amide bonds. The number of nitrogens with zero attached hydrogens (tertiary/aromatic N) is 2. The number of hydrogen-bond acceptors (Lipinski definition) is 10. The Morgan fingerprint density at radius 2 is 1.43 bits per heavy atom. The second-order valence-electron chi connectivity index (χ2n) is 17.1. The maximum absolute atomic E-state index is 14.3. The Hall–Kier alpha value is -5.35. The largest absolute Gasteiger partial charge is 0.444 e. The highest BCUT2D eigenvalue weighted by molar-refractivity contribution is 5.92. The number of nitrogens with one attached hydrogen (secondary N) is 6. The summed E-state index contributed by atoms with van der Waals surface area (Å²) in [5.41, 5.74) is 1.08. The summed E-state index contributed by atoms with van der Waals surface area (Å²) in [5, 5.41) is 37.5. The topological polar surface area (TPSA) is 237 Å². The number of alkyl carbamates (subject to hydrolysis) is 1. The van der Waals surface area contributed by atoms with Gasteiger partial charge in [-0.25, -0.2) is 9.78 Å². The summed E-state index contributed by atoms with van der Waals surface area (Å²) >= 11 is 0. The molecular weight excluding hydrogens is 769 g/mol. The van der Waals surface area contributed by atoms with E-state index in [9.17, 15) is 34.2 Å². The fourth-order valence-corrected chi connectivity index (χ4v) is 6.73. The van der Waals surface area contributed by atoms with Gasteiger partial charge in [0.15, 0.2) is 0 Å². The molecule has 1 aromatic carbocycles. The van der Waals surface area contributed by atoms with Crippen molar-refractivity contribution in [2.24, 2.45) is 23.7 Å². The molecule has 0 fully saturated rings. The van der Waals surface area contributed by atoms with Gasteiger partial charge in [-0.3, -0.25) is 24.2 Å². The highest BCUT2D eigenvalue weighted by Gasteiger charge is 2.41. The molecule has 0 saturated heterocycles. The highest BCUT2D eigenvalue weighted by atomic mass is 16.6. The quantitative estimate of drug-likeness (QED) is 0.0735. The van der Waals surface area contributed by atoms with E-state index in [1.807, 2.05) is 52.0 Å². The summed E-state index contributed by atoms with van der Waals surface area (Å²) in [6.07, 6.45) is 1.26. The SMILES string of the molecule is CC[C@H](C)[C@H](NC(=O)[C@H](C(C)C)[C@@H](O)[C@H](O)[C@H](CC(C)C)NC(=O)[C@H](Cc1cnc[nH]1)NC(=O)[C@@H](Cc1ccccc1)NC(=O)OC(C)(C)C)C(=O)NCc1ccccn1. The third-order valence-electron chi connectivity index (χ3n) is 10.1. The number of aromatic amines is 1. The lowest BCUT2D eigenvalue weighted by Gasteiger charge is -2.36. The molecular formula is C44H66N8O8. The van der Waals surface area contributed by atoms with Crippen LogP contribution in [0.3, 0.4) is 0 Å². The number of aromatic nitrogens is 3. The number of imidazole rings is 1. The molecule has 60 heavy (non-hydrogen) atoms. The number of carbonyl (C=O) groups excluding carboxylic acids is 5. The molecule has 0 saturated carbocycles. The average molecular weight is 835 g/mol. The van der Waals surface area contributed by atoms with Crippen LogP contribution in [0.15, 0.2) is 67.3 Å². The summed E-state index contributed by atoms with van der Waals surface area (Å²) < 4.78 is 5.44. The van der Waals surface area contributed by atoms with Gasteiger partial charge in [-0.05, 0) is 62.6 Å². The Kier molecular flexibility index (Phi) is 19.2. The van der Waals surface area contributed by atoms with Crippen LogP contribution in [0.5, 0.6) is 0 Å². The lowest BCUT2D eigenvalue weighted by Crippen LogP contribution is -2.60. The highest BCUT2D eigenvalue weighted by Crippen LogP contribution is 2.24. The Balaban J connectivity index is 1.86. The van der Waals surface area contributed by atoms with Crippen molar-refractivity contribution >= 4 is 29.7 Å². The van der Waals surface area contributed by atoms with Crippen LogP contribution in [0.25, 0.3) is 0 Å². The number of aliphatic hydroxyl groups excluding tert-OH is 2. The molecule has 0 aliphatic carbocycles. The zero-order valence-corrected chi connectivity index (χ0v) is 36.4. The van der Waals surface area contributed by atoms with Crippen LogP contribution >= 0.6 is 0 Å². The van der Waals surface area contributed by atoms with Gasteiger partial charge in [0.1, 0.15) is 29.8 Å². The van der Waals surface area contributed by atoms with E-state index < -0.39 is 83.5 Å². The van der Waals surface area contributed by atoms with Crippen LogP contribution < -0.4 is 26.6 Å². The van der Waals surface area contributed by atoms with Crippen LogP contribution in [0, 0.1) is 23.7 Å². The van der Waals surface area contributed by atoms with E-state index in [2.05, 4.69) is 41.5 Å². The minimum absolute atomic E-state index is 0.0362. The predicted octanol–water partition coefficient (Wildman–Crippen LogP) is 3.34. The van der Waals surface area contributed by atoms with Crippen LogP contribution in [-0.2, 0) is 43.3 Å². The van der Waals surface area contributed by atoms with Gasteiger partial charge in [-0.15, -0.1) is 0 Å². The van der Waals surface area contributed by atoms with E-state index in [4.69, 9.17) is 4.74 Å². The summed E-state index contributed by atoms with van der Waals surface area (Å²) in [4.78, 5) is 79.8. The lowest BCUT2D eigenvalue weighted by atomic mass is 9.82. The fraction of sp³-hybridized carbons (Fsp3) is 0.568. The molecule has 0 aliphatic heterocycles. The number of hydrogen-bond donors (Lipinski definition) is 8. The number of rotatable bonds is 22. The van der Waals surface area contributed by atoms with Crippen LogP contribution in [0.4, 0.5) is 4.79 Å². The maximum Gasteiger partial charge on any atom is 0.408 e. The molecule has 0 bridgehead atoms. The molecule has 16 heteroatoms. The van der Waals surface area contributed by atoms with E-state index in [1.54, 1.807) is 65.1 Å². The smallest absolute Gasteiger partial charge is 0.408 e. The first-order valence-corrected chi connectivity index (χ1v) is 20.7. The van der Waals surface area contributed by atoms with Gasteiger partial charge in [0.2, 0.25) is 23.6 Å². The van der Waals surface area contributed by atoms with Crippen molar-refractivity contribution in [1.82, 2.24) is 41.5 Å². The minimum Gasteiger partial charge on any atom is -0.444 e. The van der Waals surface area contributed by atoms with E-state index in [0.29, 0.717) is 17.8 Å². The van der Waals surface area contributed by atoms with Crippen molar-refractivity contribution in [2.75, 3.05) is 0 Å². The number of carbonyl (C=O) groups is 5. The Morgan fingerprint density at radius 1 is 0.783 bits per heavy atom. The Bertz CT molecular complexity index is 1790. The van der Waals surface area contributed by atoms with Crippen LogP contribution in [0.2, 0.25) is 0 Å². The van der Waals surface area contributed by atoms with E-state index in [0.717, 1.165) is 5.56 Å². The predicted molar refractivity (Wildman–Crippen MR) is 227 cm³/mol. The van der Waals surface area contributed by atoms with Crippen molar-refractivity contribution < 1.29 is 38.9 Å². The number of benzene rings is 1. The van der Waals surface area contributed by atoms with E-state index >= 15 is 0 Å². The van der Waals surface area contributed by atoms with E-state index in [-0.39, 0.29) is 37.6 Å². The maximum atomic E-state index is 14.3. The van der Waals surface area contributed by atoms with Gasteiger partial charge < -0.3 is 46.5 Å². The first kappa shape index (κ1) is 49.0. The molecule has 3 rings (SSSR count). The van der Waals surface area contributed by atoms with Gasteiger partial charge in [-0.1, -0.05) is 84.4 Å². The van der Waals surface area contributed by atoms with Gasteiger partial charge in [-0.2, -0.15) is 0 Å². The second kappa shape index (κ2) is 23.4. The van der Waals surface area contributed by atoms with Gasteiger partial charge in [0.25, 0.3) is 0 Å². The number of pyridine rings is 1. The molecule has 16 nitrogen and oxygen atoms in total. The van der Waals surface area contributed by atoms with Crippen molar-refractivity contribution in [3.05, 3.63) is 84.2 Å². The average Bonchev–Trinajstić information content (AvgIpc) is 3.70. The monoisotopic (exact) mass is 835 g/mol. The normalized spacial score (nSPS) is 15.7. The molecule has 2 aromatic heterocycles. The van der Waals surface area contributed by atoms with Gasteiger partial charge >= 0.3 is 6.09 Å². The number of H-pyrrole nitrogens is 1. The fourth-order valence-electron chi connectivity index (χ4n) is 6.73. The molecule has 8 N–H and O–H groups in total. The molecule has 2 heterocycles. The molecule has 0 radical (unpaired) electrons. The standard InChI is InChI=1S/C44H66N8O8/c1-10-28(6)36(42(58)47-24-30-18-14-15-19-46-30)52-41(57)35(27(4)5)38(54)37(53)32(20-26(2)3)49-40(56)34(22-31-23-45-25-48-31)50-39(55)33(21-29-16-12-11-13-17-29)51-43(59)60-44(7,8)9/h11-19,23,25-28,32-38,53-54H,10,20-22,24H2,1-9H3,(H,45,48)(H,47,58)(H,49,56)(H,50,55)(H,51,59)(H,52,57)/t28-,32-,33+,34-,35+,36-,37+,38+/m0/s1. The summed E-state index contributed by atoms with van der Waals surface area (Å²) in [6.45, 7) is 16.2. The van der Waals surface area contributed by atoms with Gasteiger partial charge in [0.05, 0.1) is 36.6 Å². The summed E-state index contributed by atoms with van der Waals surface area (Å²) in [7, 11) is 0. The summed E-state index contributed by atoms with van der Waals surface area (Å²) in [5.74, 6) is -4.42. The molecule has 3 aromatic rings. The third-order valence-corrected chi connectivity index (χ3v) is 10.1. The van der Waals surface area contributed by atoms with Crippen LogP contribution in [-0.4, -0.2) is 96.9 Å². The molecule has 330 valence electrons. The minimum atomic E-state index is -1.67. The molecule has 0 unspecified atom stereocenters. The molecule has 8 atom stereocenters. The van der Waals surface area contributed by atoms with Crippen molar-refractivity contribution in [1.29, 1.82) is 0 Å². The third kappa shape index (κ3) is 16.0. The van der Waals surface area contributed by atoms with Crippen LogP contribution in [0.1, 0.15) is 92.1 Å². The first-order chi connectivity index (χ1) is 28.3. The van der Waals surface area contributed by atoms with Crippen molar-refractivity contribution in [2.45, 2.75) is 137 Å². The Labute approximate surface area is 353 Å². The second-order valence-corrected chi connectivity index (χ2v) is 17.1. The molecule has 0 spiro atoms.